The summed E-state index contributed by atoms with van der Waals surface area (Å²) < 4.78 is 23.4. The molecule has 0 aromatic heterocycles. The fourth-order valence-corrected chi connectivity index (χ4v) is 5.78. The molecule has 1 aliphatic rings. The van der Waals surface area contributed by atoms with Gasteiger partial charge in [-0.25, -0.2) is 8.42 Å². The van der Waals surface area contributed by atoms with Gasteiger partial charge in [-0.3, -0.25) is 4.79 Å². The van der Waals surface area contributed by atoms with Crippen molar-refractivity contribution < 1.29 is 13.2 Å². The van der Waals surface area contributed by atoms with Crippen molar-refractivity contribution in [3.63, 3.8) is 0 Å². The van der Waals surface area contributed by atoms with E-state index in [-0.39, 0.29) is 28.7 Å². The molecule has 0 N–H and O–H groups in total. The molecule has 0 spiro atoms. The van der Waals surface area contributed by atoms with Crippen LogP contribution in [0, 0.1) is 13.8 Å². The minimum Gasteiger partial charge on any atom is -0.338 e. The van der Waals surface area contributed by atoms with Gasteiger partial charge in [0.1, 0.15) is 0 Å². The van der Waals surface area contributed by atoms with Crippen molar-refractivity contribution in [2.24, 2.45) is 0 Å². The highest BCUT2D eigenvalue weighted by Gasteiger charge is 2.35. The first kappa shape index (κ1) is 18.3. The Hall–Kier alpha value is -1.01. The predicted octanol–water partition coefficient (Wildman–Crippen LogP) is 2.82. The average molecular weight is 356 g/mol. The molecule has 2 rings (SSSR count). The van der Waals surface area contributed by atoms with Gasteiger partial charge in [-0.15, -0.1) is 11.8 Å². The third-order valence-corrected chi connectivity index (χ3v) is 7.27. The summed E-state index contributed by atoms with van der Waals surface area (Å²) in [5.74, 6) is 0.327. The molecule has 0 saturated carbocycles. The van der Waals surface area contributed by atoms with Gasteiger partial charge in [-0.2, -0.15) is 0 Å². The van der Waals surface area contributed by atoms with Gasteiger partial charge < -0.3 is 4.90 Å². The molecule has 1 saturated heterocycles. The van der Waals surface area contributed by atoms with Crippen LogP contribution in [-0.2, 0) is 14.6 Å². The van der Waals surface area contributed by atoms with Crippen molar-refractivity contribution in [1.82, 2.24) is 4.90 Å². The maximum atomic E-state index is 12.8. The van der Waals surface area contributed by atoms with Gasteiger partial charge in [0.25, 0.3) is 0 Å². The van der Waals surface area contributed by atoms with E-state index in [9.17, 15) is 13.2 Å². The van der Waals surface area contributed by atoms with Crippen LogP contribution in [0.15, 0.2) is 23.1 Å². The second-order valence-electron chi connectivity index (χ2n) is 6.21. The lowest BCUT2D eigenvalue weighted by molar-refractivity contribution is -0.131. The fraction of sp³-hybridized carbons (Fsp3) is 0.588. The van der Waals surface area contributed by atoms with E-state index < -0.39 is 9.84 Å². The maximum Gasteiger partial charge on any atom is 0.236 e. The maximum absolute atomic E-state index is 12.8. The highest BCUT2D eigenvalue weighted by atomic mass is 32.2. The van der Waals surface area contributed by atoms with Crippen LogP contribution in [0.2, 0.25) is 0 Å². The molecule has 128 valence electrons. The van der Waals surface area contributed by atoms with Crippen LogP contribution in [0.1, 0.15) is 31.4 Å². The highest BCUT2D eigenvalue weighted by Crippen LogP contribution is 2.29. The lowest BCUT2D eigenvalue weighted by Gasteiger charge is -2.29. The number of carbonyl (C=O) groups excluding carboxylic acids is 1. The summed E-state index contributed by atoms with van der Waals surface area (Å²) >= 11 is 1.55. The van der Waals surface area contributed by atoms with Crippen LogP contribution in [0.25, 0.3) is 0 Å². The normalized spacial score (nSPS) is 21.1. The molecule has 1 heterocycles. The molecule has 1 aromatic carbocycles. The number of carbonyl (C=O) groups is 1. The number of hydrogen-bond donors (Lipinski definition) is 0. The molecule has 1 amide bonds. The van der Waals surface area contributed by atoms with E-state index in [2.05, 4.69) is 18.2 Å². The van der Waals surface area contributed by atoms with Crippen LogP contribution in [0.4, 0.5) is 0 Å². The zero-order chi connectivity index (χ0) is 17.2. The van der Waals surface area contributed by atoms with Gasteiger partial charge in [0.05, 0.1) is 16.8 Å². The second-order valence-corrected chi connectivity index (χ2v) is 9.82. The Morgan fingerprint density at radius 2 is 2.09 bits per heavy atom. The number of benzene rings is 1. The van der Waals surface area contributed by atoms with Gasteiger partial charge in [-0.05, 0) is 45.7 Å². The zero-order valence-electron chi connectivity index (χ0n) is 14.2. The number of nitrogens with zero attached hydrogens (tertiary/aromatic N) is 1. The standard InChI is InChI=1S/C17H25NO3S2/c1-5-18(15-8-9-23(20,21)11-15)17(19)14(4)22-16-10-12(2)6-7-13(16)3/h6-7,10,14-15H,5,8-9,11H2,1-4H3/t14-,15-/m0/s1. The Balaban J connectivity index is 2.10. The minimum atomic E-state index is -2.98. The Bertz CT molecular complexity index is 685. The molecule has 0 aliphatic carbocycles. The van der Waals surface area contributed by atoms with Gasteiger partial charge in [-0.1, -0.05) is 17.7 Å². The molecular formula is C17H25NO3S2. The van der Waals surface area contributed by atoms with Crippen LogP contribution in [0.5, 0.6) is 0 Å². The fourth-order valence-electron chi connectivity index (χ4n) is 2.92. The molecule has 6 heteroatoms. The Morgan fingerprint density at radius 1 is 1.39 bits per heavy atom. The van der Waals surface area contributed by atoms with Gasteiger partial charge in [0.2, 0.25) is 5.91 Å². The number of sulfone groups is 1. The molecule has 1 aliphatic heterocycles. The third-order valence-electron chi connectivity index (χ3n) is 4.27. The Kier molecular flexibility index (Phi) is 5.79. The smallest absolute Gasteiger partial charge is 0.236 e. The summed E-state index contributed by atoms with van der Waals surface area (Å²) in [7, 11) is -2.98. The topological polar surface area (TPSA) is 54.5 Å². The lowest BCUT2D eigenvalue weighted by atomic mass is 10.2. The van der Waals surface area contributed by atoms with E-state index in [4.69, 9.17) is 0 Å². The molecule has 0 bridgehead atoms. The van der Waals surface area contributed by atoms with Gasteiger partial charge >= 0.3 is 0 Å². The van der Waals surface area contributed by atoms with Crippen LogP contribution in [0.3, 0.4) is 0 Å². The van der Waals surface area contributed by atoms with Gasteiger partial charge in [0.15, 0.2) is 9.84 Å². The lowest BCUT2D eigenvalue weighted by Crippen LogP contribution is -2.44. The largest absolute Gasteiger partial charge is 0.338 e. The van der Waals surface area contributed by atoms with E-state index in [1.54, 1.807) is 16.7 Å². The summed E-state index contributed by atoms with van der Waals surface area (Å²) in [5.41, 5.74) is 2.33. The number of rotatable bonds is 5. The molecule has 23 heavy (non-hydrogen) atoms. The van der Waals surface area contributed by atoms with E-state index in [1.807, 2.05) is 27.7 Å². The average Bonchev–Trinajstić information content (AvgIpc) is 2.83. The van der Waals surface area contributed by atoms with Crippen LogP contribution >= 0.6 is 11.8 Å². The van der Waals surface area contributed by atoms with E-state index >= 15 is 0 Å². The first-order valence-electron chi connectivity index (χ1n) is 7.98. The summed E-state index contributed by atoms with van der Waals surface area (Å²) in [6.45, 7) is 8.45. The Morgan fingerprint density at radius 3 is 2.65 bits per heavy atom. The van der Waals surface area contributed by atoms with Crippen molar-refractivity contribution in [3.05, 3.63) is 29.3 Å². The second kappa shape index (κ2) is 7.26. The monoisotopic (exact) mass is 355 g/mol. The number of aryl methyl sites for hydroxylation is 2. The van der Waals surface area contributed by atoms with Crippen molar-refractivity contribution in [2.75, 3.05) is 18.1 Å². The molecular weight excluding hydrogens is 330 g/mol. The summed E-state index contributed by atoms with van der Waals surface area (Å²) in [5, 5.41) is -0.223. The van der Waals surface area contributed by atoms with Crippen LogP contribution < -0.4 is 0 Å². The molecule has 1 fully saturated rings. The van der Waals surface area contributed by atoms with Crippen molar-refractivity contribution in [3.8, 4) is 0 Å². The van der Waals surface area contributed by atoms with Crippen molar-refractivity contribution >= 4 is 27.5 Å². The first-order valence-corrected chi connectivity index (χ1v) is 10.7. The quantitative estimate of drug-likeness (QED) is 0.762. The number of hydrogen-bond acceptors (Lipinski definition) is 4. The SMILES string of the molecule is CCN(C(=O)[C@H](C)Sc1cc(C)ccc1C)[C@H]1CCS(=O)(=O)C1. The number of thioether (sulfide) groups is 1. The van der Waals surface area contributed by atoms with Crippen molar-refractivity contribution in [2.45, 2.75) is 50.3 Å². The summed E-state index contributed by atoms with van der Waals surface area (Å²) in [4.78, 5) is 15.6. The van der Waals surface area contributed by atoms with Crippen molar-refractivity contribution in [1.29, 1.82) is 0 Å². The van der Waals surface area contributed by atoms with E-state index in [0.29, 0.717) is 13.0 Å². The van der Waals surface area contributed by atoms with Crippen LogP contribution in [-0.4, -0.2) is 48.6 Å². The zero-order valence-corrected chi connectivity index (χ0v) is 15.8. The highest BCUT2D eigenvalue weighted by molar-refractivity contribution is 8.00. The molecule has 1 aromatic rings. The molecule has 4 nitrogen and oxygen atoms in total. The minimum absolute atomic E-state index is 0.0282. The van der Waals surface area contributed by atoms with E-state index in [1.165, 1.54) is 5.56 Å². The predicted molar refractivity (Wildman–Crippen MR) is 95.7 cm³/mol. The third kappa shape index (κ3) is 4.51. The molecule has 0 unspecified atom stereocenters. The Labute approximate surface area is 143 Å². The van der Waals surface area contributed by atoms with E-state index in [0.717, 1.165) is 10.5 Å². The van der Waals surface area contributed by atoms with Gasteiger partial charge in [0, 0.05) is 17.5 Å². The number of amides is 1. The summed E-state index contributed by atoms with van der Waals surface area (Å²) in [6.07, 6.45) is 0.558. The first-order chi connectivity index (χ1) is 10.7. The molecule has 2 atom stereocenters. The summed E-state index contributed by atoms with van der Waals surface area (Å²) in [6, 6.07) is 6.06. The molecule has 0 radical (unpaired) electrons.